The Labute approximate surface area is 114 Å². The number of hydrogen-bond acceptors (Lipinski definition) is 2. The maximum absolute atomic E-state index is 12.0. The van der Waals surface area contributed by atoms with Gasteiger partial charge >= 0.3 is 6.18 Å². The Morgan fingerprint density at radius 1 is 1.37 bits per heavy atom. The van der Waals surface area contributed by atoms with Gasteiger partial charge in [-0.3, -0.25) is 4.79 Å². The summed E-state index contributed by atoms with van der Waals surface area (Å²) in [6.45, 7) is 1.88. The van der Waals surface area contributed by atoms with Crippen LogP contribution in [0.3, 0.4) is 0 Å². The summed E-state index contributed by atoms with van der Waals surface area (Å²) in [5.41, 5.74) is 6.49. The third-order valence-electron chi connectivity index (χ3n) is 2.65. The predicted octanol–water partition coefficient (Wildman–Crippen LogP) is 3.57. The van der Waals surface area contributed by atoms with Crippen molar-refractivity contribution in [2.45, 2.75) is 25.4 Å². The van der Waals surface area contributed by atoms with E-state index in [4.69, 9.17) is 5.73 Å². The van der Waals surface area contributed by atoms with E-state index in [1.165, 1.54) is 11.8 Å². The highest BCUT2D eigenvalue weighted by Crippen LogP contribution is 2.26. The van der Waals surface area contributed by atoms with Crippen LogP contribution in [0.4, 0.5) is 13.2 Å². The summed E-state index contributed by atoms with van der Waals surface area (Å²) in [4.78, 5) is 11.3. The van der Waals surface area contributed by atoms with E-state index in [9.17, 15) is 18.0 Å². The fraction of sp³-hybridized carbons (Fsp3) is 0.462. The summed E-state index contributed by atoms with van der Waals surface area (Å²) < 4.78 is 36.0. The molecule has 0 spiro atoms. The molecule has 1 rings (SSSR count). The highest BCUT2D eigenvalue weighted by atomic mass is 32.2. The Kier molecular flexibility index (Phi) is 5.72. The molecule has 0 unspecified atom stereocenters. The average Bonchev–Trinajstić information content (AvgIpc) is 2.33. The van der Waals surface area contributed by atoms with Crippen LogP contribution in [0.2, 0.25) is 0 Å². The Morgan fingerprint density at radius 2 is 2.00 bits per heavy atom. The number of amides is 1. The van der Waals surface area contributed by atoms with E-state index in [0.717, 1.165) is 5.56 Å². The topological polar surface area (TPSA) is 43.1 Å². The molecule has 0 aliphatic rings. The molecule has 0 saturated heterocycles. The van der Waals surface area contributed by atoms with Crippen LogP contribution in [0.25, 0.3) is 0 Å². The Bertz CT molecular complexity index is 434. The number of benzene rings is 1. The van der Waals surface area contributed by atoms with Crippen LogP contribution < -0.4 is 5.73 Å². The number of thioether (sulfide) groups is 1. The number of carbonyl (C=O) groups is 1. The molecule has 0 aliphatic carbocycles. The quantitative estimate of drug-likeness (QED) is 0.814. The van der Waals surface area contributed by atoms with E-state index in [2.05, 4.69) is 0 Å². The van der Waals surface area contributed by atoms with Gasteiger partial charge in [-0.1, -0.05) is 25.1 Å². The third kappa shape index (κ3) is 5.55. The highest BCUT2D eigenvalue weighted by Gasteiger charge is 2.26. The number of hydrogen-bond donors (Lipinski definition) is 1. The van der Waals surface area contributed by atoms with Gasteiger partial charge in [-0.15, -0.1) is 0 Å². The van der Waals surface area contributed by atoms with Gasteiger partial charge in [-0.05, 0) is 23.3 Å². The first-order chi connectivity index (χ1) is 8.81. The van der Waals surface area contributed by atoms with Gasteiger partial charge < -0.3 is 5.73 Å². The molecular weight excluding hydrogens is 275 g/mol. The fourth-order valence-corrected chi connectivity index (χ4v) is 2.76. The molecule has 0 fully saturated rings. The molecule has 0 saturated carbocycles. The molecule has 6 heteroatoms. The minimum Gasteiger partial charge on any atom is -0.366 e. The molecule has 1 atom stereocenters. The molecule has 0 radical (unpaired) electrons. The van der Waals surface area contributed by atoms with Gasteiger partial charge in [0.05, 0.1) is 6.42 Å². The van der Waals surface area contributed by atoms with Crippen LogP contribution >= 0.6 is 11.8 Å². The number of alkyl halides is 3. The van der Waals surface area contributed by atoms with E-state index >= 15 is 0 Å². The van der Waals surface area contributed by atoms with Crippen molar-refractivity contribution in [3.8, 4) is 0 Å². The maximum Gasteiger partial charge on any atom is 0.389 e. The maximum atomic E-state index is 12.0. The molecular formula is C13H16F3NOS. The minimum absolute atomic E-state index is 0.0121. The second kappa shape index (κ2) is 6.84. The summed E-state index contributed by atoms with van der Waals surface area (Å²) in [6, 6.07) is 6.93. The van der Waals surface area contributed by atoms with Gasteiger partial charge in [0, 0.05) is 11.3 Å². The average molecular weight is 291 g/mol. The largest absolute Gasteiger partial charge is 0.389 e. The van der Waals surface area contributed by atoms with Crippen molar-refractivity contribution < 1.29 is 18.0 Å². The molecule has 0 heterocycles. The van der Waals surface area contributed by atoms with Crippen LogP contribution in [0.15, 0.2) is 24.3 Å². The molecule has 0 aliphatic heterocycles. The van der Waals surface area contributed by atoms with E-state index in [1.807, 2.05) is 6.92 Å². The van der Waals surface area contributed by atoms with Gasteiger partial charge in [0.2, 0.25) is 5.91 Å². The summed E-state index contributed by atoms with van der Waals surface area (Å²) in [7, 11) is 0. The first-order valence-electron chi connectivity index (χ1n) is 5.84. The number of rotatable bonds is 6. The minimum atomic E-state index is -4.11. The number of nitrogens with two attached hydrogens (primary N) is 1. The second-order valence-electron chi connectivity index (χ2n) is 4.29. The number of halogens is 3. The SMILES string of the molecule is C[C@@H](CSCCC(F)(F)F)c1ccccc1C(N)=O. The first kappa shape index (κ1) is 15.9. The van der Waals surface area contributed by atoms with Gasteiger partial charge in [0.1, 0.15) is 0 Å². The molecule has 106 valence electrons. The summed E-state index contributed by atoms with van der Waals surface area (Å²) in [6.07, 6.45) is -4.90. The third-order valence-corrected chi connectivity index (χ3v) is 3.88. The van der Waals surface area contributed by atoms with E-state index in [1.54, 1.807) is 24.3 Å². The zero-order valence-electron chi connectivity index (χ0n) is 10.5. The van der Waals surface area contributed by atoms with Gasteiger partial charge in [0.25, 0.3) is 0 Å². The Balaban J connectivity index is 2.54. The summed E-state index contributed by atoms with van der Waals surface area (Å²) in [5, 5.41) is 0. The monoisotopic (exact) mass is 291 g/mol. The highest BCUT2D eigenvalue weighted by molar-refractivity contribution is 7.99. The molecule has 2 nitrogen and oxygen atoms in total. The smallest absolute Gasteiger partial charge is 0.366 e. The van der Waals surface area contributed by atoms with Crippen molar-refractivity contribution in [3.63, 3.8) is 0 Å². The van der Waals surface area contributed by atoms with Crippen LogP contribution in [0, 0.1) is 0 Å². The predicted molar refractivity (Wildman–Crippen MR) is 71.4 cm³/mol. The van der Waals surface area contributed by atoms with E-state index < -0.39 is 18.5 Å². The lowest BCUT2D eigenvalue weighted by Crippen LogP contribution is -2.15. The zero-order valence-corrected chi connectivity index (χ0v) is 11.4. The lowest BCUT2D eigenvalue weighted by Gasteiger charge is -2.15. The number of carbonyl (C=O) groups excluding carboxylic acids is 1. The van der Waals surface area contributed by atoms with Crippen molar-refractivity contribution >= 4 is 17.7 Å². The standard InChI is InChI=1S/C13H16F3NOS/c1-9(8-19-7-6-13(14,15)16)10-4-2-3-5-11(10)12(17)18/h2-5,9H,6-8H2,1H3,(H2,17,18)/t9-/m0/s1. The van der Waals surface area contributed by atoms with Crippen LogP contribution in [-0.2, 0) is 0 Å². The second-order valence-corrected chi connectivity index (χ2v) is 5.44. The summed E-state index contributed by atoms with van der Waals surface area (Å²) in [5.74, 6) is 0.0390. The van der Waals surface area contributed by atoms with Crippen molar-refractivity contribution in [1.29, 1.82) is 0 Å². The van der Waals surface area contributed by atoms with Crippen molar-refractivity contribution in [3.05, 3.63) is 35.4 Å². The zero-order chi connectivity index (χ0) is 14.5. The molecule has 19 heavy (non-hydrogen) atoms. The van der Waals surface area contributed by atoms with Gasteiger partial charge in [-0.2, -0.15) is 24.9 Å². The lowest BCUT2D eigenvalue weighted by molar-refractivity contribution is -0.129. The Hall–Kier alpha value is -1.17. The first-order valence-corrected chi connectivity index (χ1v) is 7.00. The van der Waals surface area contributed by atoms with E-state index in [-0.39, 0.29) is 11.7 Å². The lowest BCUT2D eigenvalue weighted by atomic mass is 9.97. The van der Waals surface area contributed by atoms with Gasteiger partial charge in [0.15, 0.2) is 0 Å². The van der Waals surface area contributed by atoms with Crippen LogP contribution in [0.1, 0.15) is 35.2 Å². The van der Waals surface area contributed by atoms with Crippen LogP contribution in [0.5, 0.6) is 0 Å². The normalized spacial score (nSPS) is 13.3. The molecule has 1 aromatic carbocycles. The van der Waals surface area contributed by atoms with Crippen molar-refractivity contribution in [2.75, 3.05) is 11.5 Å². The molecule has 0 aromatic heterocycles. The molecule has 1 amide bonds. The number of primary amides is 1. The van der Waals surface area contributed by atoms with E-state index in [0.29, 0.717) is 11.3 Å². The molecule has 2 N–H and O–H groups in total. The van der Waals surface area contributed by atoms with Crippen LogP contribution in [-0.4, -0.2) is 23.6 Å². The Morgan fingerprint density at radius 3 is 2.58 bits per heavy atom. The molecule has 1 aromatic rings. The fourth-order valence-electron chi connectivity index (χ4n) is 1.69. The van der Waals surface area contributed by atoms with Crippen molar-refractivity contribution in [2.24, 2.45) is 5.73 Å². The van der Waals surface area contributed by atoms with Gasteiger partial charge in [-0.25, -0.2) is 0 Å². The molecule has 0 bridgehead atoms. The van der Waals surface area contributed by atoms with Crippen molar-refractivity contribution in [1.82, 2.24) is 0 Å². The summed E-state index contributed by atoms with van der Waals surface area (Å²) >= 11 is 1.23.